The Labute approximate surface area is 188 Å². The fourth-order valence-electron chi connectivity index (χ4n) is 4.03. The van der Waals surface area contributed by atoms with Gasteiger partial charge in [-0.1, -0.05) is 63.2 Å². The van der Waals surface area contributed by atoms with Crippen molar-refractivity contribution in [2.24, 2.45) is 0 Å². The van der Waals surface area contributed by atoms with E-state index >= 15 is 0 Å². The second kappa shape index (κ2) is 8.50. The maximum absolute atomic E-state index is 13.2. The van der Waals surface area contributed by atoms with E-state index < -0.39 is 17.7 Å². The molecular formula is C27H27NO4. The molecule has 32 heavy (non-hydrogen) atoms. The average molecular weight is 430 g/mol. The first-order chi connectivity index (χ1) is 15.3. The van der Waals surface area contributed by atoms with Crippen molar-refractivity contribution >= 4 is 17.4 Å². The summed E-state index contributed by atoms with van der Waals surface area (Å²) in [5, 5.41) is 10.7. The van der Waals surface area contributed by atoms with Crippen molar-refractivity contribution < 1.29 is 19.1 Å². The fourth-order valence-corrected chi connectivity index (χ4v) is 4.03. The van der Waals surface area contributed by atoms with Gasteiger partial charge in [0.05, 0.1) is 11.8 Å². The van der Waals surface area contributed by atoms with Crippen LogP contribution >= 0.6 is 0 Å². The Morgan fingerprint density at radius 2 is 1.69 bits per heavy atom. The second-order valence-corrected chi connectivity index (χ2v) is 9.06. The van der Waals surface area contributed by atoms with Crippen LogP contribution in [0.15, 0.2) is 88.7 Å². The van der Waals surface area contributed by atoms with Gasteiger partial charge in [0.2, 0.25) is 0 Å². The molecule has 164 valence electrons. The van der Waals surface area contributed by atoms with Crippen LogP contribution in [0, 0.1) is 0 Å². The van der Waals surface area contributed by atoms with Crippen molar-refractivity contribution in [2.45, 2.75) is 45.1 Å². The van der Waals surface area contributed by atoms with Gasteiger partial charge in [0.1, 0.15) is 11.8 Å². The summed E-state index contributed by atoms with van der Waals surface area (Å²) in [7, 11) is 0. The number of Topliss-reactive ketones (excluding diaryl/α,β-unsaturated/α-hetero) is 1. The third-order valence-corrected chi connectivity index (χ3v) is 5.82. The zero-order valence-electron chi connectivity index (χ0n) is 18.5. The summed E-state index contributed by atoms with van der Waals surface area (Å²) >= 11 is 0. The van der Waals surface area contributed by atoms with Gasteiger partial charge in [0, 0.05) is 12.1 Å². The van der Waals surface area contributed by atoms with Crippen LogP contribution < -0.4 is 4.90 Å². The van der Waals surface area contributed by atoms with Crippen LogP contribution in [-0.4, -0.2) is 16.8 Å². The van der Waals surface area contributed by atoms with E-state index in [0.29, 0.717) is 17.9 Å². The monoisotopic (exact) mass is 429 g/mol. The van der Waals surface area contributed by atoms with Gasteiger partial charge in [-0.3, -0.25) is 14.5 Å². The molecule has 0 saturated carbocycles. The smallest absolute Gasteiger partial charge is 0.294 e. The lowest BCUT2D eigenvalue weighted by Crippen LogP contribution is -2.31. The molecule has 1 atom stereocenters. The summed E-state index contributed by atoms with van der Waals surface area (Å²) in [4.78, 5) is 27.8. The first kappa shape index (κ1) is 21.6. The number of hydrogen-bond donors (Lipinski definition) is 1. The van der Waals surface area contributed by atoms with Crippen molar-refractivity contribution in [3.63, 3.8) is 0 Å². The Morgan fingerprint density at radius 3 is 2.28 bits per heavy atom. The number of benzene rings is 2. The number of aryl methyl sites for hydroxylation is 1. The number of carbonyl (C=O) groups excluding carboxylic acids is 2. The number of ketones is 1. The lowest BCUT2D eigenvalue weighted by Gasteiger charge is -2.26. The third-order valence-electron chi connectivity index (χ3n) is 5.82. The van der Waals surface area contributed by atoms with Crippen LogP contribution in [0.25, 0.3) is 0 Å². The van der Waals surface area contributed by atoms with Crippen LogP contribution in [0.2, 0.25) is 0 Å². The van der Waals surface area contributed by atoms with Gasteiger partial charge < -0.3 is 9.52 Å². The van der Waals surface area contributed by atoms with Gasteiger partial charge in [-0.25, -0.2) is 0 Å². The third kappa shape index (κ3) is 4.11. The lowest BCUT2D eigenvalue weighted by atomic mass is 9.87. The minimum atomic E-state index is -0.804. The number of rotatable bonds is 6. The van der Waals surface area contributed by atoms with Crippen molar-refractivity contribution in [1.29, 1.82) is 0 Å². The minimum absolute atomic E-state index is 0.0348. The summed E-state index contributed by atoms with van der Waals surface area (Å²) in [6.07, 6.45) is 2.21. The zero-order chi connectivity index (χ0) is 22.9. The van der Waals surface area contributed by atoms with Crippen LogP contribution in [0.3, 0.4) is 0 Å². The Kier molecular flexibility index (Phi) is 5.74. The first-order valence-electron chi connectivity index (χ1n) is 10.7. The predicted octanol–water partition coefficient (Wildman–Crippen LogP) is 5.68. The number of amides is 1. The molecule has 1 amide bonds. The number of carbonyl (C=O) groups is 2. The molecule has 0 aliphatic carbocycles. The molecule has 5 heteroatoms. The molecule has 1 aliphatic rings. The average Bonchev–Trinajstić information content (AvgIpc) is 3.39. The maximum Gasteiger partial charge on any atom is 0.294 e. The fraction of sp³-hybridized carbons (Fsp3) is 0.259. The summed E-state index contributed by atoms with van der Waals surface area (Å²) in [6.45, 7) is 6.35. The van der Waals surface area contributed by atoms with Crippen molar-refractivity contribution in [3.05, 3.63) is 101 Å². The quantitative estimate of drug-likeness (QED) is 0.547. The summed E-state index contributed by atoms with van der Waals surface area (Å²) in [5.74, 6) is -0.942. The van der Waals surface area contributed by atoms with E-state index in [4.69, 9.17) is 4.42 Å². The van der Waals surface area contributed by atoms with Crippen molar-refractivity contribution in [1.82, 2.24) is 0 Å². The first-order valence-corrected chi connectivity index (χ1v) is 10.7. The molecule has 1 N–H and O–H groups in total. The Balaban J connectivity index is 1.67. The molecule has 1 aliphatic heterocycles. The predicted molar refractivity (Wildman–Crippen MR) is 124 cm³/mol. The van der Waals surface area contributed by atoms with Gasteiger partial charge in [0.15, 0.2) is 11.5 Å². The van der Waals surface area contributed by atoms with E-state index in [1.165, 1.54) is 11.2 Å². The number of furan rings is 1. The molecule has 2 aromatic carbocycles. The highest BCUT2D eigenvalue weighted by Crippen LogP contribution is 2.42. The van der Waals surface area contributed by atoms with E-state index in [-0.39, 0.29) is 23.2 Å². The number of nitrogens with zero attached hydrogens (tertiary/aromatic N) is 1. The largest absolute Gasteiger partial charge is 0.503 e. The van der Waals surface area contributed by atoms with Crippen LogP contribution in [-0.2, 0) is 21.4 Å². The number of aliphatic hydroxyl groups excluding tert-OH is 1. The molecule has 3 aromatic rings. The SMILES string of the molecule is CC(C)(C)c1ccc(N2C(=O)C(O)=C(C(=O)CCc3ccccc3)C2c2ccco2)cc1. The molecule has 0 fully saturated rings. The minimum Gasteiger partial charge on any atom is -0.503 e. The molecule has 1 aromatic heterocycles. The number of hydrogen-bond acceptors (Lipinski definition) is 4. The normalized spacial score (nSPS) is 16.7. The molecule has 4 rings (SSSR count). The van der Waals surface area contributed by atoms with Crippen LogP contribution in [0.5, 0.6) is 0 Å². The van der Waals surface area contributed by atoms with Crippen LogP contribution in [0.1, 0.15) is 50.1 Å². The van der Waals surface area contributed by atoms with Gasteiger partial charge in [-0.2, -0.15) is 0 Å². The summed E-state index contributed by atoms with van der Waals surface area (Å²) in [6, 6.07) is 19.9. The topological polar surface area (TPSA) is 70.8 Å². The van der Waals surface area contributed by atoms with Crippen LogP contribution in [0.4, 0.5) is 5.69 Å². The zero-order valence-corrected chi connectivity index (χ0v) is 18.5. The maximum atomic E-state index is 13.2. The highest BCUT2D eigenvalue weighted by Gasteiger charge is 2.45. The van der Waals surface area contributed by atoms with E-state index in [2.05, 4.69) is 20.8 Å². The Hall–Kier alpha value is -3.60. The standard InChI is InChI=1S/C27H27NO4/c1-27(2,3)19-12-14-20(15-13-19)28-24(22-10-7-17-32-22)23(25(30)26(28)31)21(29)16-11-18-8-5-4-6-9-18/h4-10,12-15,17,24,30H,11,16H2,1-3H3. The highest BCUT2D eigenvalue weighted by atomic mass is 16.3. The summed E-state index contributed by atoms with van der Waals surface area (Å²) < 4.78 is 5.60. The molecule has 0 radical (unpaired) electrons. The molecule has 0 bridgehead atoms. The number of aliphatic hydroxyl groups is 1. The summed E-state index contributed by atoms with van der Waals surface area (Å²) in [5.41, 5.74) is 2.79. The van der Waals surface area contributed by atoms with E-state index in [1.54, 1.807) is 12.1 Å². The molecule has 2 heterocycles. The molecule has 0 spiro atoms. The van der Waals surface area contributed by atoms with Crippen molar-refractivity contribution in [2.75, 3.05) is 4.90 Å². The highest BCUT2D eigenvalue weighted by molar-refractivity contribution is 6.16. The van der Waals surface area contributed by atoms with Gasteiger partial charge >= 0.3 is 0 Å². The van der Waals surface area contributed by atoms with E-state index in [9.17, 15) is 14.7 Å². The van der Waals surface area contributed by atoms with Gasteiger partial charge in [0.25, 0.3) is 5.91 Å². The van der Waals surface area contributed by atoms with Gasteiger partial charge in [-0.15, -0.1) is 0 Å². The molecule has 1 unspecified atom stereocenters. The van der Waals surface area contributed by atoms with E-state index in [1.807, 2.05) is 54.6 Å². The Morgan fingerprint density at radius 1 is 1.00 bits per heavy atom. The molecule has 5 nitrogen and oxygen atoms in total. The second-order valence-electron chi connectivity index (χ2n) is 9.06. The molecular weight excluding hydrogens is 402 g/mol. The number of anilines is 1. The van der Waals surface area contributed by atoms with Crippen molar-refractivity contribution in [3.8, 4) is 0 Å². The van der Waals surface area contributed by atoms with Gasteiger partial charge in [-0.05, 0) is 47.2 Å². The molecule has 0 saturated heterocycles. The lowest BCUT2D eigenvalue weighted by molar-refractivity contribution is -0.118. The van der Waals surface area contributed by atoms with E-state index in [0.717, 1.165) is 11.1 Å². The Bertz CT molecular complexity index is 1140.